The lowest BCUT2D eigenvalue weighted by Gasteiger charge is -2.36. The molecule has 0 bridgehead atoms. The highest BCUT2D eigenvalue weighted by Gasteiger charge is 2.30. The summed E-state index contributed by atoms with van der Waals surface area (Å²) in [6.45, 7) is 5.63. The van der Waals surface area contributed by atoms with Crippen LogP contribution in [0.3, 0.4) is 0 Å². The first-order valence-electron chi connectivity index (χ1n) is 11.1. The summed E-state index contributed by atoms with van der Waals surface area (Å²) in [5.74, 6) is 2.89. The summed E-state index contributed by atoms with van der Waals surface area (Å²) >= 11 is 0. The first-order chi connectivity index (χ1) is 13.2. The summed E-state index contributed by atoms with van der Waals surface area (Å²) in [6.07, 6.45) is 13.6. The van der Waals surface area contributed by atoms with E-state index in [1.807, 2.05) is 6.20 Å². The second kappa shape index (κ2) is 8.76. The highest BCUT2D eigenvalue weighted by molar-refractivity contribution is 5.76. The first-order valence-corrected chi connectivity index (χ1v) is 11.1. The van der Waals surface area contributed by atoms with Crippen molar-refractivity contribution in [3.63, 3.8) is 0 Å². The molecule has 3 fully saturated rings. The Morgan fingerprint density at radius 1 is 1.15 bits per heavy atom. The van der Waals surface area contributed by atoms with Gasteiger partial charge in [0.1, 0.15) is 5.82 Å². The number of aryl methyl sites for hydroxylation is 1. The molecule has 0 aromatic carbocycles. The van der Waals surface area contributed by atoms with Gasteiger partial charge in [-0.25, -0.2) is 4.98 Å². The van der Waals surface area contributed by atoms with Crippen LogP contribution in [0.25, 0.3) is 0 Å². The molecule has 1 saturated carbocycles. The van der Waals surface area contributed by atoms with Gasteiger partial charge >= 0.3 is 0 Å². The lowest BCUT2D eigenvalue weighted by molar-refractivity contribution is -0.133. The quantitative estimate of drug-likeness (QED) is 0.776. The van der Waals surface area contributed by atoms with Gasteiger partial charge in [-0.1, -0.05) is 25.7 Å². The summed E-state index contributed by atoms with van der Waals surface area (Å²) in [5, 5.41) is 0. The standard InChI is InChI=1S/C22H35N3O2/c1-17-15-23-22(19-10-13-27-14-11-19)25(17)20-7-4-12-24(16-20)21(26)9-8-18-5-2-3-6-18/h15,18-20H,2-14,16H2,1H3. The van der Waals surface area contributed by atoms with Crippen LogP contribution in [-0.2, 0) is 9.53 Å². The lowest BCUT2D eigenvalue weighted by atomic mass is 9.97. The maximum Gasteiger partial charge on any atom is 0.222 e. The van der Waals surface area contributed by atoms with Crippen LogP contribution in [0.5, 0.6) is 0 Å². The number of nitrogens with zero attached hydrogens (tertiary/aromatic N) is 3. The molecule has 3 aliphatic rings. The topological polar surface area (TPSA) is 47.4 Å². The Kier molecular flexibility index (Phi) is 6.16. The van der Waals surface area contributed by atoms with Gasteiger partial charge in [-0.2, -0.15) is 0 Å². The normalized spacial score (nSPS) is 25.2. The molecule has 1 aliphatic carbocycles. The van der Waals surface area contributed by atoms with Crippen LogP contribution in [0.1, 0.15) is 87.7 Å². The van der Waals surface area contributed by atoms with Gasteiger partial charge in [-0.3, -0.25) is 4.79 Å². The van der Waals surface area contributed by atoms with Crippen molar-refractivity contribution in [3.05, 3.63) is 17.7 Å². The zero-order chi connectivity index (χ0) is 18.6. The minimum atomic E-state index is 0.372. The van der Waals surface area contributed by atoms with Crippen molar-refractivity contribution >= 4 is 5.91 Å². The molecule has 27 heavy (non-hydrogen) atoms. The average Bonchev–Trinajstić information content (AvgIpc) is 3.36. The molecule has 1 aromatic heterocycles. The number of aromatic nitrogens is 2. The van der Waals surface area contributed by atoms with E-state index in [9.17, 15) is 4.79 Å². The van der Waals surface area contributed by atoms with E-state index < -0.39 is 0 Å². The molecule has 1 unspecified atom stereocenters. The molecule has 2 aliphatic heterocycles. The molecule has 2 saturated heterocycles. The summed E-state index contributed by atoms with van der Waals surface area (Å²) < 4.78 is 7.99. The molecular weight excluding hydrogens is 338 g/mol. The minimum absolute atomic E-state index is 0.372. The van der Waals surface area contributed by atoms with Gasteiger partial charge in [0.05, 0.1) is 6.04 Å². The number of ether oxygens (including phenoxy) is 1. The predicted octanol–water partition coefficient (Wildman–Crippen LogP) is 4.22. The zero-order valence-electron chi connectivity index (χ0n) is 16.9. The summed E-state index contributed by atoms with van der Waals surface area (Å²) in [7, 11) is 0. The van der Waals surface area contributed by atoms with E-state index in [1.165, 1.54) is 37.2 Å². The molecule has 0 N–H and O–H groups in total. The number of piperidine rings is 1. The van der Waals surface area contributed by atoms with Gasteiger partial charge < -0.3 is 14.2 Å². The van der Waals surface area contributed by atoms with E-state index in [1.54, 1.807) is 0 Å². The summed E-state index contributed by atoms with van der Waals surface area (Å²) in [4.78, 5) is 19.7. The summed E-state index contributed by atoms with van der Waals surface area (Å²) in [6, 6.07) is 0.384. The minimum Gasteiger partial charge on any atom is -0.381 e. The van der Waals surface area contributed by atoms with Gasteiger partial charge in [0.25, 0.3) is 0 Å². The van der Waals surface area contributed by atoms with Crippen molar-refractivity contribution in [2.45, 2.75) is 83.1 Å². The van der Waals surface area contributed by atoms with Crippen LogP contribution >= 0.6 is 0 Å². The molecule has 5 nitrogen and oxygen atoms in total. The molecular formula is C22H35N3O2. The van der Waals surface area contributed by atoms with Gasteiger partial charge in [-0.15, -0.1) is 0 Å². The first kappa shape index (κ1) is 19.0. The third-order valence-corrected chi connectivity index (χ3v) is 6.95. The number of carbonyl (C=O) groups is 1. The maximum absolute atomic E-state index is 12.8. The Morgan fingerprint density at radius 2 is 1.93 bits per heavy atom. The van der Waals surface area contributed by atoms with E-state index in [0.717, 1.165) is 70.7 Å². The monoisotopic (exact) mass is 373 g/mol. The molecule has 4 rings (SSSR count). The molecule has 1 amide bonds. The van der Waals surface area contributed by atoms with Crippen LogP contribution in [0, 0.1) is 12.8 Å². The molecule has 1 atom stereocenters. The van der Waals surface area contributed by atoms with E-state index in [0.29, 0.717) is 17.9 Å². The Hall–Kier alpha value is -1.36. The zero-order valence-corrected chi connectivity index (χ0v) is 16.9. The number of carbonyl (C=O) groups excluding carboxylic acids is 1. The third kappa shape index (κ3) is 4.39. The van der Waals surface area contributed by atoms with Gasteiger partial charge in [0.15, 0.2) is 0 Å². The van der Waals surface area contributed by atoms with Crippen molar-refractivity contribution in [2.75, 3.05) is 26.3 Å². The third-order valence-electron chi connectivity index (χ3n) is 6.95. The van der Waals surface area contributed by atoms with E-state index >= 15 is 0 Å². The fourth-order valence-electron chi connectivity index (χ4n) is 5.37. The van der Waals surface area contributed by atoms with Gasteiger partial charge in [-0.05, 0) is 44.9 Å². The SMILES string of the molecule is Cc1cnc(C2CCOCC2)n1C1CCCN(C(=O)CCC2CCCC2)C1. The molecule has 1 aromatic rings. The van der Waals surface area contributed by atoms with Crippen molar-refractivity contribution in [1.82, 2.24) is 14.5 Å². The van der Waals surface area contributed by atoms with Crippen molar-refractivity contribution < 1.29 is 9.53 Å². The smallest absolute Gasteiger partial charge is 0.222 e. The highest BCUT2D eigenvalue weighted by Crippen LogP contribution is 2.33. The number of amides is 1. The van der Waals surface area contributed by atoms with E-state index in [2.05, 4.69) is 16.4 Å². The van der Waals surface area contributed by atoms with Crippen LogP contribution in [0.2, 0.25) is 0 Å². The largest absolute Gasteiger partial charge is 0.381 e. The van der Waals surface area contributed by atoms with Crippen LogP contribution in [-0.4, -0.2) is 46.7 Å². The predicted molar refractivity (Wildman–Crippen MR) is 106 cm³/mol. The fraction of sp³-hybridized carbons (Fsp3) is 0.818. The molecule has 5 heteroatoms. The number of rotatable bonds is 5. The molecule has 0 spiro atoms. The maximum atomic E-state index is 12.8. The molecule has 150 valence electrons. The summed E-state index contributed by atoms with van der Waals surface area (Å²) in [5.41, 5.74) is 1.24. The Balaban J connectivity index is 1.40. The van der Waals surface area contributed by atoms with Crippen molar-refractivity contribution in [3.8, 4) is 0 Å². The van der Waals surface area contributed by atoms with Crippen LogP contribution < -0.4 is 0 Å². The molecule has 0 radical (unpaired) electrons. The van der Waals surface area contributed by atoms with Crippen molar-refractivity contribution in [1.29, 1.82) is 0 Å². The number of hydrogen-bond acceptors (Lipinski definition) is 3. The number of likely N-dealkylation sites (tertiary alicyclic amines) is 1. The Labute approximate surface area is 163 Å². The second-order valence-corrected chi connectivity index (χ2v) is 8.84. The fourth-order valence-corrected chi connectivity index (χ4v) is 5.37. The lowest BCUT2D eigenvalue weighted by Crippen LogP contribution is -2.41. The van der Waals surface area contributed by atoms with Crippen molar-refractivity contribution in [2.24, 2.45) is 5.92 Å². The van der Waals surface area contributed by atoms with Crippen LogP contribution in [0.4, 0.5) is 0 Å². The van der Waals surface area contributed by atoms with Gasteiger partial charge in [0.2, 0.25) is 5.91 Å². The number of hydrogen-bond donors (Lipinski definition) is 0. The Bertz CT molecular complexity index is 630. The number of imidazole rings is 1. The molecule has 3 heterocycles. The highest BCUT2D eigenvalue weighted by atomic mass is 16.5. The second-order valence-electron chi connectivity index (χ2n) is 8.84. The van der Waals surface area contributed by atoms with E-state index in [4.69, 9.17) is 9.72 Å². The Morgan fingerprint density at radius 3 is 2.70 bits per heavy atom. The van der Waals surface area contributed by atoms with E-state index in [-0.39, 0.29) is 0 Å². The van der Waals surface area contributed by atoms with Crippen LogP contribution in [0.15, 0.2) is 6.20 Å². The van der Waals surface area contributed by atoms with Gasteiger partial charge in [0, 0.05) is 50.5 Å². The average molecular weight is 374 g/mol.